The molecule has 0 aliphatic heterocycles. The largest absolute Gasteiger partial charge is 0.438 e. The first-order chi connectivity index (χ1) is 17.9. The number of hydrogen-bond acceptors (Lipinski definition) is 7. The minimum Gasteiger partial charge on any atom is -0.438 e. The fraction of sp³-hybridized carbons (Fsp3) is 0.0400. The lowest BCUT2D eigenvalue weighted by atomic mass is 10.2. The highest BCUT2D eigenvalue weighted by Crippen LogP contribution is 2.31. The van der Waals surface area contributed by atoms with Gasteiger partial charge >= 0.3 is 6.03 Å². The Morgan fingerprint density at radius 1 is 1.16 bits per heavy atom. The van der Waals surface area contributed by atoms with Crippen LogP contribution in [0.1, 0.15) is 11.3 Å². The predicted molar refractivity (Wildman–Crippen MR) is 137 cm³/mol. The summed E-state index contributed by atoms with van der Waals surface area (Å²) in [6.45, 7) is 1.80. The second-order valence-electron chi connectivity index (χ2n) is 7.96. The molecule has 0 aliphatic carbocycles. The number of imidazole rings is 1. The van der Waals surface area contributed by atoms with Crippen LogP contribution in [0.4, 0.5) is 10.5 Å². The third-order valence-corrected chi connectivity index (χ3v) is 5.45. The van der Waals surface area contributed by atoms with Gasteiger partial charge in [0.2, 0.25) is 5.88 Å². The van der Waals surface area contributed by atoms with Crippen molar-refractivity contribution < 1.29 is 14.5 Å². The van der Waals surface area contributed by atoms with Crippen LogP contribution in [0.5, 0.6) is 11.6 Å². The Kier molecular flexibility index (Phi) is 6.04. The molecule has 4 N–H and O–H groups in total. The predicted octanol–water partition coefficient (Wildman–Crippen LogP) is 4.43. The first-order valence-corrected chi connectivity index (χ1v) is 11.0. The number of nitro groups is 1. The number of hydrogen-bond donors (Lipinski definition) is 3. The molecule has 0 saturated carbocycles. The number of carbonyl (C=O) groups is 1. The minimum atomic E-state index is -0.789. The fourth-order valence-corrected chi connectivity index (χ4v) is 3.71. The van der Waals surface area contributed by atoms with Crippen molar-refractivity contribution in [2.24, 2.45) is 10.8 Å². The second kappa shape index (κ2) is 9.62. The summed E-state index contributed by atoms with van der Waals surface area (Å²) < 4.78 is 7.86. The summed E-state index contributed by atoms with van der Waals surface area (Å²) in [5, 5.41) is 19.5. The van der Waals surface area contributed by atoms with Gasteiger partial charge in [0.25, 0.3) is 5.69 Å². The number of aryl methyl sites for hydroxylation is 1. The SMILES string of the molecule is Cc1nn(-c2ccccc2)c(Oc2ccc(-c3nc4ccc([N+](=O)[O-])cc4[nH]3)cc2)c1/C=N/NC(N)=O. The van der Waals surface area contributed by atoms with Gasteiger partial charge in [-0.15, -0.1) is 0 Å². The number of rotatable bonds is 7. The summed E-state index contributed by atoms with van der Waals surface area (Å²) in [6.07, 6.45) is 1.42. The number of fused-ring (bicyclic) bond motifs is 1. The number of ether oxygens (including phenoxy) is 1. The molecule has 37 heavy (non-hydrogen) atoms. The van der Waals surface area contributed by atoms with Gasteiger partial charge in [0, 0.05) is 17.7 Å². The number of amides is 2. The Morgan fingerprint density at radius 3 is 2.62 bits per heavy atom. The van der Waals surface area contributed by atoms with E-state index in [0.29, 0.717) is 39.7 Å². The van der Waals surface area contributed by atoms with Crippen LogP contribution in [-0.4, -0.2) is 36.9 Å². The number of H-pyrrole nitrogens is 1. The lowest BCUT2D eigenvalue weighted by molar-refractivity contribution is -0.384. The van der Waals surface area contributed by atoms with Crippen molar-refractivity contribution in [1.29, 1.82) is 0 Å². The van der Waals surface area contributed by atoms with E-state index < -0.39 is 11.0 Å². The quantitative estimate of drug-likeness (QED) is 0.171. The fourth-order valence-electron chi connectivity index (χ4n) is 3.71. The van der Waals surface area contributed by atoms with Gasteiger partial charge in [0.15, 0.2) is 0 Å². The van der Waals surface area contributed by atoms with Crippen LogP contribution >= 0.6 is 0 Å². The van der Waals surface area contributed by atoms with E-state index >= 15 is 0 Å². The molecule has 2 aromatic heterocycles. The summed E-state index contributed by atoms with van der Waals surface area (Å²) >= 11 is 0. The van der Waals surface area contributed by atoms with Crippen molar-refractivity contribution >= 4 is 29.0 Å². The third-order valence-electron chi connectivity index (χ3n) is 5.45. The summed E-state index contributed by atoms with van der Waals surface area (Å²) in [4.78, 5) is 29.3. The number of non-ortho nitro benzene ring substituents is 1. The van der Waals surface area contributed by atoms with Gasteiger partial charge < -0.3 is 15.5 Å². The molecule has 2 amide bonds. The Morgan fingerprint density at radius 2 is 1.92 bits per heavy atom. The molecule has 2 heterocycles. The van der Waals surface area contributed by atoms with Crippen molar-refractivity contribution in [1.82, 2.24) is 25.2 Å². The summed E-state index contributed by atoms with van der Waals surface area (Å²) in [7, 11) is 0. The molecule has 0 radical (unpaired) electrons. The summed E-state index contributed by atoms with van der Waals surface area (Å²) in [5.74, 6) is 1.48. The highest BCUT2D eigenvalue weighted by Gasteiger charge is 2.18. The third kappa shape index (κ3) is 4.84. The summed E-state index contributed by atoms with van der Waals surface area (Å²) in [6, 6.07) is 20.3. The second-order valence-corrected chi connectivity index (χ2v) is 7.96. The van der Waals surface area contributed by atoms with E-state index in [1.54, 1.807) is 29.8 Å². The topological polar surface area (TPSA) is 166 Å². The van der Waals surface area contributed by atoms with Gasteiger partial charge in [0.05, 0.1) is 39.1 Å². The molecule has 3 aromatic carbocycles. The Bertz CT molecular complexity index is 1640. The lowest BCUT2D eigenvalue weighted by Crippen LogP contribution is -2.24. The van der Waals surface area contributed by atoms with E-state index in [-0.39, 0.29) is 5.69 Å². The molecule has 5 rings (SSSR count). The molecule has 184 valence electrons. The van der Waals surface area contributed by atoms with Crippen molar-refractivity contribution in [2.45, 2.75) is 6.92 Å². The number of aromatic nitrogens is 4. The Hall–Kier alpha value is -5.52. The van der Waals surface area contributed by atoms with Crippen molar-refractivity contribution in [3.63, 3.8) is 0 Å². The van der Waals surface area contributed by atoms with E-state index in [1.807, 2.05) is 42.5 Å². The number of nitro benzene ring substituents is 1. The number of aromatic amines is 1. The number of para-hydroxylation sites is 1. The van der Waals surface area contributed by atoms with Crippen LogP contribution in [0.15, 0.2) is 77.9 Å². The van der Waals surface area contributed by atoms with Crippen molar-refractivity contribution in [2.75, 3.05) is 0 Å². The maximum Gasteiger partial charge on any atom is 0.332 e. The number of nitrogens with one attached hydrogen (secondary N) is 2. The van der Waals surface area contributed by atoms with E-state index in [0.717, 1.165) is 11.3 Å². The van der Waals surface area contributed by atoms with Crippen LogP contribution in [0.2, 0.25) is 0 Å². The van der Waals surface area contributed by atoms with Crippen LogP contribution < -0.4 is 15.9 Å². The maximum atomic E-state index is 11.1. The normalized spacial score (nSPS) is 11.2. The number of nitrogens with two attached hydrogens (primary N) is 1. The highest BCUT2D eigenvalue weighted by atomic mass is 16.6. The number of nitrogens with zero attached hydrogens (tertiary/aromatic N) is 5. The lowest BCUT2D eigenvalue weighted by Gasteiger charge is -2.10. The Balaban J connectivity index is 1.47. The standard InChI is InChI=1S/C25H20N8O4/c1-15-20(14-27-30-25(26)34)24(32(31-15)17-5-3-2-4-6-17)37-19-10-7-16(8-11-19)23-28-21-12-9-18(33(35)36)13-22(21)29-23/h2-14H,1H3,(H,28,29)(H3,26,30,34)/b27-14+. The minimum absolute atomic E-state index is 0.0119. The average Bonchev–Trinajstić information content (AvgIpc) is 3.45. The molecule has 0 fully saturated rings. The van der Waals surface area contributed by atoms with Gasteiger partial charge in [0.1, 0.15) is 11.6 Å². The smallest absolute Gasteiger partial charge is 0.332 e. The molecular weight excluding hydrogens is 476 g/mol. The van der Waals surface area contributed by atoms with Crippen molar-refractivity contribution in [3.8, 4) is 28.7 Å². The van der Waals surface area contributed by atoms with Crippen LogP contribution in [-0.2, 0) is 0 Å². The van der Waals surface area contributed by atoms with Gasteiger partial charge in [-0.3, -0.25) is 10.1 Å². The zero-order valence-corrected chi connectivity index (χ0v) is 19.5. The van der Waals surface area contributed by atoms with Gasteiger partial charge in [-0.25, -0.2) is 15.2 Å². The first-order valence-electron chi connectivity index (χ1n) is 11.0. The molecule has 5 aromatic rings. The first kappa shape index (κ1) is 23.2. The number of carbonyl (C=O) groups excluding carboxylic acids is 1. The monoisotopic (exact) mass is 496 g/mol. The van der Waals surface area contributed by atoms with E-state index in [2.05, 4.69) is 25.6 Å². The van der Waals surface area contributed by atoms with Gasteiger partial charge in [-0.2, -0.15) is 14.9 Å². The molecule has 12 heteroatoms. The molecule has 0 bridgehead atoms. The van der Waals surface area contributed by atoms with Crippen LogP contribution in [0.3, 0.4) is 0 Å². The number of urea groups is 1. The number of hydrazone groups is 1. The molecule has 0 aliphatic rings. The molecule has 0 atom stereocenters. The summed E-state index contributed by atoms with van der Waals surface area (Å²) in [5.41, 5.74) is 11.2. The Labute approximate surface area is 209 Å². The van der Waals surface area contributed by atoms with E-state index in [4.69, 9.17) is 10.5 Å². The molecular formula is C25H20N8O4. The zero-order valence-electron chi connectivity index (χ0n) is 19.5. The van der Waals surface area contributed by atoms with E-state index in [9.17, 15) is 14.9 Å². The van der Waals surface area contributed by atoms with Crippen LogP contribution in [0, 0.1) is 17.0 Å². The number of primary amides is 1. The molecule has 0 unspecified atom stereocenters. The maximum absolute atomic E-state index is 11.1. The van der Waals surface area contributed by atoms with Crippen LogP contribution in [0.25, 0.3) is 28.1 Å². The zero-order chi connectivity index (χ0) is 25.9. The number of benzene rings is 3. The average molecular weight is 496 g/mol. The van der Waals surface area contributed by atoms with Gasteiger partial charge in [-0.1, -0.05) is 18.2 Å². The van der Waals surface area contributed by atoms with Crippen molar-refractivity contribution in [3.05, 3.63) is 94.2 Å². The van der Waals surface area contributed by atoms with Gasteiger partial charge in [-0.05, 0) is 49.4 Å². The van der Waals surface area contributed by atoms with E-state index in [1.165, 1.54) is 18.3 Å². The molecule has 0 saturated heterocycles. The highest BCUT2D eigenvalue weighted by molar-refractivity contribution is 5.86. The molecule has 12 nitrogen and oxygen atoms in total. The molecule has 0 spiro atoms.